The number of hydrogen-bond acceptors (Lipinski definition) is 2. The second kappa shape index (κ2) is 4.21. The number of halogens is 1. The Bertz CT molecular complexity index is 283. The standard InChI is InChI=1S/C12H20BrNO2/c1-12(2,3)16-11(15)14-6-9(8-4-5-8)10(13)7-14/h8-10H,4-7H2,1-3H3. The first-order valence-electron chi connectivity index (χ1n) is 5.99. The lowest BCUT2D eigenvalue weighted by Gasteiger charge is -2.24. The number of hydrogen-bond donors (Lipinski definition) is 0. The average Bonchev–Trinajstić information content (AvgIpc) is 2.87. The number of rotatable bonds is 1. The number of nitrogens with zero attached hydrogens (tertiary/aromatic N) is 1. The Hall–Kier alpha value is -0.250. The Balaban J connectivity index is 1.89. The highest BCUT2D eigenvalue weighted by atomic mass is 79.9. The Labute approximate surface area is 106 Å². The van der Waals surface area contributed by atoms with Gasteiger partial charge in [0.05, 0.1) is 0 Å². The van der Waals surface area contributed by atoms with Crippen LogP contribution in [-0.4, -0.2) is 34.5 Å². The van der Waals surface area contributed by atoms with E-state index >= 15 is 0 Å². The van der Waals surface area contributed by atoms with Crippen LogP contribution in [0.4, 0.5) is 4.79 Å². The van der Waals surface area contributed by atoms with Gasteiger partial charge in [-0.05, 0) is 45.4 Å². The third-order valence-corrected chi connectivity index (χ3v) is 4.14. The minimum Gasteiger partial charge on any atom is -0.444 e. The molecule has 0 aromatic rings. The van der Waals surface area contributed by atoms with E-state index in [-0.39, 0.29) is 6.09 Å². The maximum Gasteiger partial charge on any atom is 0.410 e. The highest BCUT2D eigenvalue weighted by Gasteiger charge is 2.43. The zero-order valence-electron chi connectivity index (χ0n) is 10.2. The molecule has 2 aliphatic rings. The molecule has 1 saturated heterocycles. The predicted molar refractivity (Wildman–Crippen MR) is 66.7 cm³/mol. The highest BCUT2D eigenvalue weighted by molar-refractivity contribution is 9.09. The van der Waals surface area contributed by atoms with Crippen LogP contribution in [0.25, 0.3) is 0 Å². The molecule has 2 atom stereocenters. The summed E-state index contributed by atoms with van der Waals surface area (Å²) in [5.41, 5.74) is -0.392. The van der Waals surface area contributed by atoms with E-state index in [9.17, 15) is 4.79 Å². The largest absolute Gasteiger partial charge is 0.444 e. The zero-order valence-corrected chi connectivity index (χ0v) is 11.8. The molecule has 0 spiro atoms. The molecular formula is C12H20BrNO2. The summed E-state index contributed by atoms with van der Waals surface area (Å²) in [5.74, 6) is 1.46. The number of amides is 1. The quantitative estimate of drug-likeness (QED) is 0.695. The van der Waals surface area contributed by atoms with Gasteiger partial charge in [0, 0.05) is 17.9 Å². The molecule has 1 saturated carbocycles. The molecule has 4 heteroatoms. The van der Waals surface area contributed by atoms with Crippen LogP contribution in [0.3, 0.4) is 0 Å². The van der Waals surface area contributed by atoms with Crippen molar-refractivity contribution in [3.63, 3.8) is 0 Å². The topological polar surface area (TPSA) is 29.5 Å². The Kier molecular flexibility index (Phi) is 3.21. The van der Waals surface area contributed by atoms with Crippen LogP contribution in [0, 0.1) is 11.8 Å². The van der Waals surface area contributed by atoms with Gasteiger partial charge in [0.15, 0.2) is 0 Å². The van der Waals surface area contributed by atoms with Gasteiger partial charge in [-0.3, -0.25) is 0 Å². The van der Waals surface area contributed by atoms with E-state index in [0.29, 0.717) is 10.7 Å². The summed E-state index contributed by atoms with van der Waals surface area (Å²) in [7, 11) is 0. The molecule has 0 radical (unpaired) electrons. The van der Waals surface area contributed by atoms with Crippen LogP contribution in [0.5, 0.6) is 0 Å². The number of carbonyl (C=O) groups excluding carboxylic acids is 1. The molecule has 1 aliphatic carbocycles. The number of likely N-dealkylation sites (tertiary alicyclic amines) is 1. The van der Waals surface area contributed by atoms with Gasteiger partial charge in [0.25, 0.3) is 0 Å². The minimum atomic E-state index is -0.392. The molecular weight excluding hydrogens is 270 g/mol. The van der Waals surface area contributed by atoms with Crippen molar-refractivity contribution in [2.45, 2.75) is 44.0 Å². The fourth-order valence-corrected chi connectivity index (χ4v) is 3.18. The molecule has 1 aliphatic heterocycles. The van der Waals surface area contributed by atoms with Crippen molar-refractivity contribution in [3.8, 4) is 0 Å². The lowest BCUT2D eigenvalue weighted by atomic mass is 10.0. The first kappa shape index (κ1) is 12.2. The average molecular weight is 290 g/mol. The summed E-state index contributed by atoms with van der Waals surface area (Å²) in [6.45, 7) is 7.37. The van der Waals surface area contributed by atoms with Gasteiger partial charge in [0.1, 0.15) is 5.60 Å². The van der Waals surface area contributed by atoms with E-state index in [2.05, 4.69) is 15.9 Å². The summed E-state index contributed by atoms with van der Waals surface area (Å²) in [5, 5.41) is 0. The van der Waals surface area contributed by atoms with Crippen molar-refractivity contribution in [1.29, 1.82) is 0 Å². The van der Waals surface area contributed by atoms with Gasteiger partial charge in [-0.2, -0.15) is 0 Å². The van der Waals surface area contributed by atoms with Gasteiger partial charge in [-0.15, -0.1) is 0 Å². The third-order valence-electron chi connectivity index (χ3n) is 3.17. The Morgan fingerprint density at radius 3 is 2.44 bits per heavy atom. The Morgan fingerprint density at radius 1 is 1.31 bits per heavy atom. The third kappa shape index (κ3) is 2.90. The molecule has 1 heterocycles. The summed E-state index contributed by atoms with van der Waals surface area (Å²) in [6.07, 6.45) is 2.49. The maximum absolute atomic E-state index is 11.9. The lowest BCUT2D eigenvalue weighted by molar-refractivity contribution is 0.0287. The molecule has 3 nitrogen and oxygen atoms in total. The van der Waals surface area contributed by atoms with E-state index in [1.807, 2.05) is 25.7 Å². The number of carbonyl (C=O) groups is 1. The molecule has 2 fully saturated rings. The first-order chi connectivity index (χ1) is 7.37. The maximum atomic E-state index is 11.9. The van der Waals surface area contributed by atoms with Crippen LogP contribution in [0.2, 0.25) is 0 Å². The van der Waals surface area contributed by atoms with E-state index in [1.165, 1.54) is 12.8 Å². The SMILES string of the molecule is CC(C)(C)OC(=O)N1CC(Br)C(C2CC2)C1. The number of ether oxygens (including phenoxy) is 1. The summed E-state index contributed by atoms with van der Waals surface area (Å²) in [4.78, 5) is 14.2. The van der Waals surface area contributed by atoms with Crippen molar-refractivity contribution < 1.29 is 9.53 Å². The summed E-state index contributed by atoms with van der Waals surface area (Å²) >= 11 is 3.68. The molecule has 0 aromatic heterocycles. The second-order valence-corrected chi connectivity index (χ2v) is 7.08. The van der Waals surface area contributed by atoms with E-state index in [0.717, 1.165) is 19.0 Å². The van der Waals surface area contributed by atoms with Crippen LogP contribution in [-0.2, 0) is 4.74 Å². The van der Waals surface area contributed by atoms with Crippen molar-refractivity contribution in [2.24, 2.45) is 11.8 Å². The van der Waals surface area contributed by atoms with Gasteiger partial charge in [-0.1, -0.05) is 15.9 Å². The fourth-order valence-electron chi connectivity index (χ4n) is 2.23. The fraction of sp³-hybridized carbons (Fsp3) is 0.917. The van der Waals surface area contributed by atoms with Crippen molar-refractivity contribution in [3.05, 3.63) is 0 Å². The molecule has 16 heavy (non-hydrogen) atoms. The van der Waals surface area contributed by atoms with Crippen molar-refractivity contribution in [2.75, 3.05) is 13.1 Å². The highest BCUT2D eigenvalue weighted by Crippen LogP contribution is 2.43. The molecule has 0 bridgehead atoms. The Morgan fingerprint density at radius 2 is 1.94 bits per heavy atom. The number of alkyl halides is 1. The summed E-state index contributed by atoms with van der Waals surface area (Å²) < 4.78 is 5.38. The summed E-state index contributed by atoms with van der Waals surface area (Å²) in [6, 6.07) is 0. The zero-order chi connectivity index (χ0) is 11.9. The molecule has 2 rings (SSSR count). The molecule has 1 amide bonds. The monoisotopic (exact) mass is 289 g/mol. The predicted octanol–water partition coefficient (Wildman–Crippen LogP) is 3.03. The molecule has 0 aromatic carbocycles. The smallest absolute Gasteiger partial charge is 0.410 e. The van der Waals surface area contributed by atoms with E-state index in [1.54, 1.807) is 0 Å². The molecule has 92 valence electrons. The van der Waals surface area contributed by atoms with Crippen LogP contribution >= 0.6 is 15.9 Å². The normalized spacial score (nSPS) is 30.6. The van der Waals surface area contributed by atoms with Crippen molar-refractivity contribution in [1.82, 2.24) is 4.90 Å². The minimum absolute atomic E-state index is 0.167. The van der Waals surface area contributed by atoms with Gasteiger partial charge in [0.2, 0.25) is 0 Å². The van der Waals surface area contributed by atoms with Gasteiger partial charge in [-0.25, -0.2) is 4.79 Å². The first-order valence-corrected chi connectivity index (χ1v) is 6.90. The van der Waals surface area contributed by atoms with E-state index in [4.69, 9.17) is 4.74 Å². The van der Waals surface area contributed by atoms with Gasteiger partial charge >= 0.3 is 6.09 Å². The lowest BCUT2D eigenvalue weighted by Crippen LogP contribution is -2.35. The van der Waals surface area contributed by atoms with Crippen molar-refractivity contribution >= 4 is 22.0 Å². The van der Waals surface area contributed by atoms with Crippen LogP contribution in [0.15, 0.2) is 0 Å². The van der Waals surface area contributed by atoms with E-state index < -0.39 is 5.60 Å². The van der Waals surface area contributed by atoms with Crippen LogP contribution in [0.1, 0.15) is 33.6 Å². The van der Waals surface area contributed by atoms with Crippen LogP contribution < -0.4 is 0 Å². The molecule has 2 unspecified atom stereocenters. The van der Waals surface area contributed by atoms with Gasteiger partial charge < -0.3 is 9.64 Å². The molecule has 0 N–H and O–H groups in total. The second-order valence-electron chi connectivity index (χ2n) is 5.90.